The van der Waals surface area contributed by atoms with Gasteiger partial charge in [-0.3, -0.25) is 0 Å². The molecular weight excluding hydrogens is 164 g/mol. The second-order valence-corrected chi connectivity index (χ2v) is 2.58. The first kappa shape index (κ1) is 6.42. The number of nitrogen functional groups attached to an aromatic ring is 1. The Hall–Kier alpha value is -1.29. The topological polar surface area (TPSA) is 56.2 Å². The standard InChI is InChI=1S/C6H5ClN4/c7-4-1-5(8)6-9-3-10-11(6)2-4/h1-3H,8H2. The van der Waals surface area contributed by atoms with Gasteiger partial charge in [-0.25, -0.2) is 9.50 Å². The number of hydrogen-bond acceptors (Lipinski definition) is 3. The van der Waals surface area contributed by atoms with Crippen LogP contribution >= 0.6 is 11.6 Å². The van der Waals surface area contributed by atoms with Crippen LogP contribution in [0.1, 0.15) is 0 Å². The van der Waals surface area contributed by atoms with E-state index in [2.05, 4.69) is 10.1 Å². The van der Waals surface area contributed by atoms with Crippen molar-refractivity contribution in [1.82, 2.24) is 14.6 Å². The molecule has 0 aliphatic rings. The molecule has 5 heteroatoms. The zero-order valence-corrected chi connectivity index (χ0v) is 6.28. The number of anilines is 1. The molecule has 4 nitrogen and oxygen atoms in total. The summed E-state index contributed by atoms with van der Waals surface area (Å²) in [6, 6.07) is 1.64. The van der Waals surface area contributed by atoms with E-state index < -0.39 is 0 Å². The Kier molecular flexibility index (Phi) is 1.22. The van der Waals surface area contributed by atoms with E-state index in [0.29, 0.717) is 16.4 Å². The van der Waals surface area contributed by atoms with E-state index in [9.17, 15) is 0 Å². The highest BCUT2D eigenvalue weighted by atomic mass is 35.5. The Balaban J connectivity index is 2.91. The van der Waals surface area contributed by atoms with Crippen LogP contribution in [0.3, 0.4) is 0 Å². The lowest BCUT2D eigenvalue weighted by molar-refractivity contribution is 0.962. The molecule has 2 heterocycles. The average Bonchev–Trinajstić information content (AvgIpc) is 2.34. The third kappa shape index (κ3) is 0.914. The van der Waals surface area contributed by atoms with Crippen molar-refractivity contribution in [1.29, 1.82) is 0 Å². The minimum absolute atomic E-state index is 0.537. The molecule has 0 fully saturated rings. The van der Waals surface area contributed by atoms with Crippen molar-refractivity contribution >= 4 is 22.9 Å². The minimum atomic E-state index is 0.537. The lowest BCUT2D eigenvalue weighted by Gasteiger charge is -1.96. The predicted octanol–water partition coefficient (Wildman–Crippen LogP) is 0.965. The van der Waals surface area contributed by atoms with Crippen molar-refractivity contribution in [3.8, 4) is 0 Å². The fourth-order valence-corrected chi connectivity index (χ4v) is 1.13. The maximum absolute atomic E-state index is 5.71. The van der Waals surface area contributed by atoms with E-state index >= 15 is 0 Å². The number of nitrogens with zero attached hydrogens (tertiary/aromatic N) is 3. The van der Waals surface area contributed by atoms with E-state index in [1.807, 2.05) is 0 Å². The molecule has 0 aliphatic heterocycles. The number of halogens is 1. The summed E-state index contributed by atoms with van der Waals surface area (Å²) in [6.07, 6.45) is 3.09. The zero-order chi connectivity index (χ0) is 7.84. The predicted molar refractivity (Wildman–Crippen MR) is 42.4 cm³/mol. The average molecular weight is 169 g/mol. The van der Waals surface area contributed by atoms with Gasteiger partial charge in [0.1, 0.15) is 6.33 Å². The molecular formula is C6H5ClN4. The lowest BCUT2D eigenvalue weighted by atomic mass is 10.4. The number of hydrogen-bond donors (Lipinski definition) is 1. The van der Waals surface area contributed by atoms with Crippen LogP contribution in [-0.4, -0.2) is 14.6 Å². The first-order valence-electron chi connectivity index (χ1n) is 3.02. The summed E-state index contributed by atoms with van der Waals surface area (Å²) >= 11 is 5.71. The van der Waals surface area contributed by atoms with Crippen molar-refractivity contribution in [2.45, 2.75) is 0 Å². The quantitative estimate of drug-likeness (QED) is 0.638. The van der Waals surface area contributed by atoms with Crippen molar-refractivity contribution in [2.75, 3.05) is 5.73 Å². The van der Waals surface area contributed by atoms with E-state index in [1.54, 1.807) is 12.3 Å². The molecule has 0 spiro atoms. The first-order chi connectivity index (χ1) is 5.27. The number of rotatable bonds is 0. The maximum atomic E-state index is 5.71. The van der Waals surface area contributed by atoms with Crippen molar-refractivity contribution in [3.05, 3.63) is 23.6 Å². The summed E-state index contributed by atoms with van der Waals surface area (Å²) in [5.74, 6) is 0. The van der Waals surface area contributed by atoms with Gasteiger partial charge in [0.05, 0.1) is 10.7 Å². The van der Waals surface area contributed by atoms with Gasteiger partial charge in [0.2, 0.25) is 0 Å². The molecule has 0 atom stereocenters. The summed E-state index contributed by atoms with van der Waals surface area (Å²) in [6.45, 7) is 0. The summed E-state index contributed by atoms with van der Waals surface area (Å²) in [5.41, 5.74) is 6.76. The van der Waals surface area contributed by atoms with Gasteiger partial charge in [0.15, 0.2) is 5.65 Å². The maximum Gasteiger partial charge on any atom is 0.178 e. The summed E-state index contributed by atoms with van der Waals surface area (Å²) in [7, 11) is 0. The molecule has 11 heavy (non-hydrogen) atoms. The minimum Gasteiger partial charge on any atom is -0.396 e. The largest absolute Gasteiger partial charge is 0.396 e. The van der Waals surface area contributed by atoms with Crippen molar-refractivity contribution < 1.29 is 0 Å². The van der Waals surface area contributed by atoms with Crippen LogP contribution in [0.2, 0.25) is 5.02 Å². The molecule has 0 unspecified atom stereocenters. The van der Waals surface area contributed by atoms with E-state index in [-0.39, 0.29) is 0 Å². The van der Waals surface area contributed by atoms with Gasteiger partial charge >= 0.3 is 0 Å². The molecule has 2 aromatic rings. The molecule has 0 radical (unpaired) electrons. The van der Waals surface area contributed by atoms with E-state index in [0.717, 1.165) is 0 Å². The number of pyridine rings is 1. The number of nitrogens with two attached hydrogens (primary N) is 1. The van der Waals surface area contributed by atoms with E-state index in [4.69, 9.17) is 17.3 Å². The van der Waals surface area contributed by atoms with Gasteiger partial charge in [0.25, 0.3) is 0 Å². The van der Waals surface area contributed by atoms with Crippen LogP contribution in [0.15, 0.2) is 18.6 Å². The third-order valence-electron chi connectivity index (χ3n) is 1.37. The third-order valence-corrected chi connectivity index (χ3v) is 1.58. The SMILES string of the molecule is Nc1cc(Cl)cn2ncnc12. The molecule has 2 aromatic heterocycles. The molecule has 56 valence electrons. The molecule has 0 saturated heterocycles. The van der Waals surface area contributed by atoms with Crippen LogP contribution in [-0.2, 0) is 0 Å². The van der Waals surface area contributed by atoms with E-state index in [1.165, 1.54) is 10.8 Å². The second kappa shape index (κ2) is 2.10. The normalized spacial score (nSPS) is 10.6. The van der Waals surface area contributed by atoms with Gasteiger partial charge in [0, 0.05) is 6.20 Å². The van der Waals surface area contributed by atoms with Crippen LogP contribution in [0.4, 0.5) is 5.69 Å². The summed E-state index contributed by atoms with van der Waals surface area (Å²) < 4.78 is 1.54. The summed E-state index contributed by atoms with van der Waals surface area (Å²) in [5, 5.41) is 4.44. The van der Waals surface area contributed by atoms with Gasteiger partial charge in [-0.1, -0.05) is 11.6 Å². The van der Waals surface area contributed by atoms with Gasteiger partial charge in [-0.15, -0.1) is 0 Å². The Morgan fingerprint density at radius 2 is 2.36 bits per heavy atom. The number of fused-ring (bicyclic) bond motifs is 1. The summed E-state index contributed by atoms with van der Waals surface area (Å²) in [4.78, 5) is 3.93. The Bertz CT molecular complexity index is 394. The molecule has 2 N–H and O–H groups in total. The molecule has 0 saturated carbocycles. The second-order valence-electron chi connectivity index (χ2n) is 2.14. The highest BCUT2D eigenvalue weighted by Gasteiger charge is 2.00. The van der Waals surface area contributed by atoms with Gasteiger partial charge in [-0.05, 0) is 6.07 Å². The molecule has 2 rings (SSSR count). The Labute approximate surface area is 67.6 Å². The van der Waals surface area contributed by atoms with Gasteiger partial charge in [-0.2, -0.15) is 5.10 Å². The first-order valence-corrected chi connectivity index (χ1v) is 3.39. The molecule has 0 bridgehead atoms. The highest BCUT2D eigenvalue weighted by Crippen LogP contribution is 2.15. The van der Waals surface area contributed by atoms with Crippen molar-refractivity contribution in [2.24, 2.45) is 0 Å². The van der Waals surface area contributed by atoms with Crippen LogP contribution < -0.4 is 5.73 Å². The van der Waals surface area contributed by atoms with Crippen LogP contribution in [0, 0.1) is 0 Å². The molecule has 0 aromatic carbocycles. The fraction of sp³-hybridized carbons (Fsp3) is 0. The Morgan fingerprint density at radius 3 is 3.18 bits per heavy atom. The molecule has 0 amide bonds. The zero-order valence-electron chi connectivity index (χ0n) is 5.53. The Morgan fingerprint density at radius 1 is 1.55 bits per heavy atom. The van der Waals surface area contributed by atoms with Crippen LogP contribution in [0.25, 0.3) is 5.65 Å². The lowest BCUT2D eigenvalue weighted by Crippen LogP contribution is -1.93. The van der Waals surface area contributed by atoms with Crippen LogP contribution in [0.5, 0.6) is 0 Å². The van der Waals surface area contributed by atoms with Crippen molar-refractivity contribution in [3.63, 3.8) is 0 Å². The molecule has 0 aliphatic carbocycles. The smallest absolute Gasteiger partial charge is 0.178 e. The number of aromatic nitrogens is 3. The van der Waals surface area contributed by atoms with Gasteiger partial charge < -0.3 is 5.73 Å². The highest BCUT2D eigenvalue weighted by molar-refractivity contribution is 6.30. The fourth-order valence-electron chi connectivity index (χ4n) is 0.918. The monoisotopic (exact) mass is 168 g/mol.